The molecule has 0 heterocycles. The van der Waals surface area contributed by atoms with E-state index in [4.69, 9.17) is 0 Å². The first-order valence-corrected chi connectivity index (χ1v) is 6.06. The molecule has 0 aliphatic carbocycles. The molecule has 0 amide bonds. The van der Waals surface area contributed by atoms with E-state index in [1.54, 1.807) is 0 Å². The van der Waals surface area contributed by atoms with E-state index < -0.39 is 0 Å². The van der Waals surface area contributed by atoms with Crippen molar-refractivity contribution in [3.8, 4) is 0 Å². The average Bonchev–Trinajstić information content (AvgIpc) is 2.28. The molecule has 86 valence electrons. The summed E-state index contributed by atoms with van der Waals surface area (Å²) < 4.78 is 0. The third-order valence-electron chi connectivity index (χ3n) is 2.86. The lowest BCUT2D eigenvalue weighted by Gasteiger charge is -2.02. The predicted molar refractivity (Wildman–Crippen MR) is 73.5 cm³/mol. The molecule has 0 spiro atoms. The van der Waals surface area contributed by atoms with Gasteiger partial charge in [-0.25, -0.2) is 0 Å². The van der Waals surface area contributed by atoms with Crippen LogP contribution < -0.4 is 0 Å². The molecule has 0 aliphatic heterocycles. The Kier molecular flexibility index (Phi) is 5.04. The van der Waals surface area contributed by atoms with Gasteiger partial charge in [0.1, 0.15) is 0 Å². The fraction of sp³-hybridized carbons (Fsp3) is 0.375. The maximum Gasteiger partial charge on any atom is -0.0254 e. The molecule has 0 fully saturated rings. The Bertz CT molecular complexity index is 366. The molecular weight excluding hydrogens is 192 g/mol. The third kappa shape index (κ3) is 4.06. The molecule has 0 bridgehead atoms. The van der Waals surface area contributed by atoms with Gasteiger partial charge < -0.3 is 0 Å². The van der Waals surface area contributed by atoms with E-state index in [-0.39, 0.29) is 0 Å². The van der Waals surface area contributed by atoms with Crippen molar-refractivity contribution in [2.24, 2.45) is 0 Å². The van der Waals surface area contributed by atoms with Gasteiger partial charge in [0.15, 0.2) is 0 Å². The first-order chi connectivity index (χ1) is 7.63. The van der Waals surface area contributed by atoms with Crippen LogP contribution in [0.4, 0.5) is 0 Å². The fourth-order valence-corrected chi connectivity index (χ4v) is 1.53. The van der Waals surface area contributed by atoms with Crippen LogP contribution >= 0.6 is 0 Å². The van der Waals surface area contributed by atoms with Crippen molar-refractivity contribution in [3.63, 3.8) is 0 Å². The zero-order valence-corrected chi connectivity index (χ0v) is 10.7. The van der Waals surface area contributed by atoms with Gasteiger partial charge in [-0.1, -0.05) is 55.8 Å². The van der Waals surface area contributed by atoms with E-state index in [2.05, 4.69) is 50.8 Å². The molecule has 16 heavy (non-hydrogen) atoms. The number of allylic oxidation sites excluding steroid dienone is 2. The maximum atomic E-state index is 3.94. The first kappa shape index (κ1) is 12.8. The zero-order chi connectivity index (χ0) is 12.0. The third-order valence-corrected chi connectivity index (χ3v) is 2.86. The molecule has 0 heteroatoms. The molecule has 0 nitrogen and oxygen atoms in total. The Morgan fingerprint density at radius 1 is 1.19 bits per heavy atom. The summed E-state index contributed by atoms with van der Waals surface area (Å²) in [4.78, 5) is 0. The SMILES string of the molecule is C=C(C)/C(C)=C/c1ccc(CCCC)cc1. The largest absolute Gasteiger partial charge is 0.0958 e. The van der Waals surface area contributed by atoms with Gasteiger partial charge in [0.2, 0.25) is 0 Å². The van der Waals surface area contributed by atoms with E-state index in [9.17, 15) is 0 Å². The minimum Gasteiger partial charge on any atom is -0.0958 e. The molecule has 1 aromatic carbocycles. The highest BCUT2D eigenvalue weighted by atomic mass is 14.0. The predicted octanol–water partition coefficient (Wildman–Crippen LogP) is 5.01. The summed E-state index contributed by atoms with van der Waals surface area (Å²) >= 11 is 0. The lowest BCUT2D eigenvalue weighted by Crippen LogP contribution is -1.85. The van der Waals surface area contributed by atoms with Crippen LogP contribution in [0.5, 0.6) is 0 Å². The molecule has 0 aliphatic rings. The first-order valence-electron chi connectivity index (χ1n) is 6.06. The lowest BCUT2D eigenvalue weighted by atomic mass is 10.0. The summed E-state index contributed by atoms with van der Waals surface area (Å²) in [6, 6.07) is 8.84. The summed E-state index contributed by atoms with van der Waals surface area (Å²) in [5, 5.41) is 0. The Balaban J connectivity index is 2.71. The average molecular weight is 214 g/mol. The van der Waals surface area contributed by atoms with Crippen molar-refractivity contribution in [1.29, 1.82) is 0 Å². The van der Waals surface area contributed by atoms with Crippen LogP contribution in [-0.4, -0.2) is 0 Å². The van der Waals surface area contributed by atoms with Gasteiger partial charge in [-0.15, -0.1) is 0 Å². The molecule has 0 unspecified atom stereocenters. The standard InChI is InChI=1S/C16H22/c1-5-6-7-15-8-10-16(11-9-15)12-14(4)13(2)3/h8-12H,2,5-7H2,1,3-4H3/b14-12+. The van der Waals surface area contributed by atoms with E-state index >= 15 is 0 Å². The number of aryl methyl sites for hydroxylation is 1. The summed E-state index contributed by atoms with van der Waals surface area (Å²) in [6.45, 7) is 10.3. The Morgan fingerprint density at radius 2 is 1.81 bits per heavy atom. The molecular formula is C16H22. The van der Waals surface area contributed by atoms with Crippen molar-refractivity contribution in [2.45, 2.75) is 40.0 Å². The van der Waals surface area contributed by atoms with Crippen LogP contribution in [0.1, 0.15) is 44.7 Å². The Labute approximate surface area is 99.7 Å². The van der Waals surface area contributed by atoms with Gasteiger partial charge in [-0.2, -0.15) is 0 Å². The van der Waals surface area contributed by atoms with Gasteiger partial charge in [0.05, 0.1) is 0 Å². The molecule has 0 atom stereocenters. The topological polar surface area (TPSA) is 0 Å². The monoisotopic (exact) mass is 214 g/mol. The van der Waals surface area contributed by atoms with Crippen LogP contribution in [0.2, 0.25) is 0 Å². The van der Waals surface area contributed by atoms with Crippen molar-refractivity contribution in [2.75, 3.05) is 0 Å². The molecule has 0 saturated carbocycles. The fourth-order valence-electron chi connectivity index (χ4n) is 1.53. The van der Waals surface area contributed by atoms with E-state index in [0.29, 0.717) is 0 Å². The van der Waals surface area contributed by atoms with Crippen LogP contribution in [0.25, 0.3) is 6.08 Å². The summed E-state index contributed by atoms with van der Waals surface area (Å²) in [7, 11) is 0. The highest BCUT2D eigenvalue weighted by molar-refractivity contribution is 5.57. The van der Waals surface area contributed by atoms with Gasteiger partial charge in [-0.3, -0.25) is 0 Å². The van der Waals surface area contributed by atoms with Crippen molar-refractivity contribution in [3.05, 3.63) is 53.1 Å². The van der Waals surface area contributed by atoms with E-state index in [1.165, 1.54) is 36.0 Å². The normalized spacial score (nSPS) is 11.6. The van der Waals surface area contributed by atoms with Gasteiger partial charge in [0, 0.05) is 0 Å². The van der Waals surface area contributed by atoms with Crippen molar-refractivity contribution < 1.29 is 0 Å². The quantitative estimate of drug-likeness (QED) is 0.604. The van der Waals surface area contributed by atoms with E-state index in [1.807, 2.05) is 6.92 Å². The number of benzene rings is 1. The molecule has 1 aromatic rings. The zero-order valence-electron chi connectivity index (χ0n) is 10.7. The minimum absolute atomic E-state index is 1.13. The van der Waals surface area contributed by atoms with Crippen LogP contribution in [-0.2, 0) is 6.42 Å². The summed E-state index contributed by atoms with van der Waals surface area (Å²) in [6.07, 6.45) is 5.92. The number of hydrogen-bond donors (Lipinski definition) is 0. The minimum atomic E-state index is 1.13. The highest BCUT2D eigenvalue weighted by Gasteiger charge is 1.94. The van der Waals surface area contributed by atoms with Gasteiger partial charge >= 0.3 is 0 Å². The molecule has 1 rings (SSSR count). The Hall–Kier alpha value is -1.30. The van der Waals surface area contributed by atoms with E-state index in [0.717, 1.165) is 5.57 Å². The molecule has 0 saturated heterocycles. The second-order valence-electron chi connectivity index (χ2n) is 4.45. The number of hydrogen-bond acceptors (Lipinski definition) is 0. The smallest absolute Gasteiger partial charge is 0.0254 e. The summed E-state index contributed by atoms with van der Waals surface area (Å²) in [5.74, 6) is 0. The van der Waals surface area contributed by atoms with Crippen molar-refractivity contribution in [1.82, 2.24) is 0 Å². The lowest BCUT2D eigenvalue weighted by molar-refractivity contribution is 0.795. The van der Waals surface area contributed by atoms with Crippen LogP contribution in [0, 0.1) is 0 Å². The molecule has 0 aromatic heterocycles. The molecule has 0 radical (unpaired) electrons. The van der Waals surface area contributed by atoms with Crippen LogP contribution in [0.15, 0.2) is 42.0 Å². The summed E-state index contributed by atoms with van der Waals surface area (Å²) in [5.41, 5.74) is 5.09. The number of rotatable bonds is 5. The highest BCUT2D eigenvalue weighted by Crippen LogP contribution is 2.14. The Morgan fingerprint density at radius 3 is 2.31 bits per heavy atom. The molecule has 0 N–H and O–H groups in total. The number of unbranched alkanes of at least 4 members (excludes halogenated alkanes) is 1. The maximum absolute atomic E-state index is 3.94. The van der Waals surface area contributed by atoms with Crippen LogP contribution in [0.3, 0.4) is 0 Å². The second-order valence-corrected chi connectivity index (χ2v) is 4.45. The van der Waals surface area contributed by atoms with Gasteiger partial charge in [0.25, 0.3) is 0 Å². The van der Waals surface area contributed by atoms with Crippen molar-refractivity contribution >= 4 is 6.08 Å². The second kappa shape index (κ2) is 6.32. The van der Waals surface area contributed by atoms with Gasteiger partial charge in [-0.05, 0) is 43.4 Å².